The summed E-state index contributed by atoms with van der Waals surface area (Å²) in [6, 6.07) is 7.93. The highest BCUT2D eigenvalue weighted by Crippen LogP contribution is 2.36. The molecule has 0 saturated carbocycles. The molecule has 0 unspecified atom stereocenters. The summed E-state index contributed by atoms with van der Waals surface area (Å²) in [5, 5.41) is 30.2. The van der Waals surface area contributed by atoms with Crippen molar-refractivity contribution in [3.05, 3.63) is 51.6 Å². The quantitative estimate of drug-likeness (QED) is 0.314. The number of nitro groups is 1. The first-order valence-corrected chi connectivity index (χ1v) is 9.47. The van der Waals surface area contributed by atoms with Gasteiger partial charge in [-0.25, -0.2) is 0 Å². The van der Waals surface area contributed by atoms with Crippen LogP contribution >= 0.6 is 0 Å². The molecule has 0 radical (unpaired) electrons. The zero-order valence-corrected chi connectivity index (χ0v) is 16.1. The largest absolute Gasteiger partial charge is 0.504 e. The normalized spacial score (nSPS) is 16.5. The number of hydrogen-bond donors (Lipinski definition) is 2. The van der Waals surface area contributed by atoms with Crippen molar-refractivity contribution in [1.29, 1.82) is 0 Å². The Bertz CT molecular complexity index is 987. The van der Waals surface area contributed by atoms with Crippen LogP contribution in [0.4, 0.5) is 5.69 Å². The second-order valence-corrected chi connectivity index (χ2v) is 7.28. The van der Waals surface area contributed by atoms with Gasteiger partial charge in [0.05, 0.1) is 11.5 Å². The van der Waals surface area contributed by atoms with Gasteiger partial charge in [-0.05, 0) is 23.8 Å². The minimum absolute atomic E-state index is 0.000195. The summed E-state index contributed by atoms with van der Waals surface area (Å²) in [4.78, 5) is 26.9. The van der Waals surface area contributed by atoms with Crippen molar-refractivity contribution in [1.82, 2.24) is 9.80 Å². The van der Waals surface area contributed by atoms with Crippen molar-refractivity contribution in [3.63, 3.8) is 0 Å². The van der Waals surface area contributed by atoms with Gasteiger partial charge in [0, 0.05) is 44.4 Å². The van der Waals surface area contributed by atoms with E-state index in [-0.39, 0.29) is 24.7 Å². The molecule has 0 atom stereocenters. The highest BCUT2D eigenvalue weighted by molar-refractivity contribution is 5.99. The molecule has 2 aliphatic rings. The maximum Gasteiger partial charge on any atom is 0.315 e. The lowest BCUT2D eigenvalue weighted by Gasteiger charge is -2.34. The Morgan fingerprint density at radius 2 is 1.73 bits per heavy atom. The first-order valence-electron chi connectivity index (χ1n) is 9.47. The van der Waals surface area contributed by atoms with Crippen LogP contribution in [0.5, 0.6) is 23.0 Å². The molecule has 0 spiro atoms. The van der Waals surface area contributed by atoms with Crippen LogP contribution in [0.1, 0.15) is 15.9 Å². The maximum absolute atomic E-state index is 12.5. The van der Waals surface area contributed by atoms with Gasteiger partial charge in [-0.3, -0.25) is 24.7 Å². The third kappa shape index (κ3) is 4.14. The Morgan fingerprint density at radius 3 is 2.47 bits per heavy atom. The van der Waals surface area contributed by atoms with Crippen LogP contribution in [0.3, 0.4) is 0 Å². The Morgan fingerprint density at radius 1 is 1.03 bits per heavy atom. The van der Waals surface area contributed by atoms with Crippen molar-refractivity contribution >= 4 is 11.5 Å². The van der Waals surface area contributed by atoms with E-state index in [9.17, 15) is 25.1 Å². The molecular formula is C20H21N3O7. The first kappa shape index (κ1) is 19.9. The molecule has 1 saturated heterocycles. The summed E-state index contributed by atoms with van der Waals surface area (Å²) in [7, 11) is 0. The highest BCUT2D eigenvalue weighted by atomic mass is 16.7. The van der Waals surface area contributed by atoms with E-state index < -0.39 is 22.1 Å². The van der Waals surface area contributed by atoms with Gasteiger partial charge >= 0.3 is 5.69 Å². The van der Waals surface area contributed by atoms with Gasteiger partial charge in [0.15, 0.2) is 23.0 Å². The molecule has 2 aliphatic heterocycles. The average molecular weight is 415 g/mol. The van der Waals surface area contributed by atoms with E-state index in [4.69, 9.17) is 9.47 Å². The SMILES string of the molecule is O=C(CN1CCN(Cc2ccc3c(c2)OCO3)CC1)c1cc(O)c(O)c([N+](=O)[O-])c1. The van der Waals surface area contributed by atoms with Gasteiger partial charge < -0.3 is 19.7 Å². The number of rotatable bonds is 6. The van der Waals surface area contributed by atoms with Gasteiger partial charge in [0.25, 0.3) is 0 Å². The number of fused-ring (bicyclic) bond motifs is 1. The number of carbonyl (C=O) groups is 1. The third-order valence-corrected chi connectivity index (χ3v) is 5.26. The van der Waals surface area contributed by atoms with Gasteiger partial charge in [0.1, 0.15) is 0 Å². The summed E-state index contributed by atoms with van der Waals surface area (Å²) < 4.78 is 10.7. The molecule has 0 amide bonds. The Kier molecular flexibility index (Phi) is 5.42. The van der Waals surface area contributed by atoms with Crippen molar-refractivity contribution < 1.29 is 29.4 Å². The number of ether oxygens (including phenoxy) is 2. The van der Waals surface area contributed by atoms with E-state index in [2.05, 4.69) is 4.90 Å². The average Bonchev–Trinajstić information content (AvgIpc) is 3.19. The smallest absolute Gasteiger partial charge is 0.315 e. The first-order chi connectivity index (χ1) is 14.4. The lowest BCUT2D eigenvalue weighted by molar-refractivity contribution is -0.386. The molecule has 0 bridgehead atoms. The molecule has 2 aromatic rings. The molecule has 10 nitrogen and oxygen atoms in total. The number of benzene rings is 2. The fourth-order valence-corrected chi connectivity index (χ4v) is 3.60. The predicted octanol–water partition coefficient (Wildman–Crippen LogP) is 1.74. The van der Waals surface area contributed by atoms with Crippen LogP contribution in [0.15, 0.2) is 30.3 Å². The monoisotopic (exact) mass is 415 g/mol. The zero-order chi connectivity index (χ0) is 21.3. The van der Waals surface area contributed by atoms with Crippen LogP contribution in [0.2, 0.25) is 0 Å². The topological polar surface area (TPSA) is 126 Å². The summed E-state index contributed by atoms with van der Waals surface area (Å²) >= 11 is 0. The van der Waals surface area contributed by atoms with Gasteiger partial charge in [0.2, 0.25) is 12.5 Å². The molecule has 10 heteroatoms. The molecule has 0 aromatic heterocycles. The number of nitrogens with zero attached hydrogens (tertiary/aromatic N) is 3. The lowest BCUT2D eigenvalue weighted by atomic mass is 10.1. The zero-order valence-electron chi connectivity index (χ0n) is 16.1. The van der Waals surface area contributed by atoms with E-state index in [1.165, 1.54) is 0 Å². The second kappa shape index (κ2) is 8.17. The Hall–Kier alpha value is -3.37. The molecule has 158 valence electrons. The van der Waals surface area contributed by atoms with Gasteiger partial charge in [-0.2, -0.15) is 0 Å². The summed E-state index contributed by atoms with van der Waals surface area (Å²) in [6.07, 6.45) is 0. The van der Waals surface area contributed by atoms with Crippen molar-refractivity contribution in [2.45, 2.75) is 6.54 Å². The van der Waals surface area contributed by atoms with Gasteiger partial charge in [-0.1, -0.05) is 6.07 Å². The fourth-order valence-electron chi connectivity index (χ4n) is 3.60. The number of aromatic hydroxyl groups is 2. The Labute approximate surface area is 172 Å². The van der Waals surface area contributed by atoms with Crippen molar-refractivity contribution in [3.8, 4) is 23.0 Å². The minimum Gasteiger partial charge on any atom is -0.504 e. The van der Waals surface area contributed by atoms with E-state index in [0.29, 0.717) is 13.1 Å². The summed E-state index contributed by atoms with van der Waals surface area (Å²) in [5.74, 6) is -0.363. The number of phenols is 2. The maximum atomic E-state index is 12.5. The van der Waals surface area contributed by atoms with Crippen LogP contribution in [-0.4, -0.2) is 70.2 Å². The fraction of sp³-hybridized carbons (Fsp3) is 0.350. The molecule has 2 aromatic carbocycles. The number of ketones is 1. The second-order valence-electron chi connectivity index (χ2n) is 7.28. The minimum atomic E-state index is -0.839. The molecule has 4 rings (SSSR count). The van der Waals surface area contributed by atoms with E-state index in [1.54, 1.807) is 0 Å². The molecule has 2 N–H and O–H groups in total. The molecule has 2 heterocycles. The van der Waals surface area contributed by atoms with E-state index >= 15 is 0 Å². The third-order valence-electron chi connectivity index (χ3n) is 5.26. The number of carbonyl (C=O) groups excluding carboxylic acids is 1. The van der Waals surface area contributed by atoms with Gasteiger partial charge in [-0.15, -0.1) is 0 Å². The Balaban J connectivity index is 1.32. The lowest BCUT2D eigenvalue weighted by Crippen LogP contribution is -2.47. The summed E-state index contributed by atoms with van der Waals surface area (Å²) in [6.45, 7) is 3.96. The van der Waals surface area contributed by atoms with Crippen LogP contribution in [-0.2, 0) is 6.54 Å². The van der Waals surface area contributed by atoms with Crippen LogP contribution < -0.4 is 9.47 Å². The van der Waals surface area contributed by atoms with Crippen LogP contribution in [0.25, 0.3) is 0 Å². The molecule has 30 heavy (non-hydrogen) atoms. The number of Topliss-reactive ketones (excluding diaryl/α,β-unsaturated/α-hetero) is 1. The number of nitro benzene ring substituents is 1. The number of phenolic OH excluding ortho intramolecular Hbond substituents is 2. The standard InChI is InChI=1S/C20H21N3O7/c24-16-9-14(8-15(20(16)26)23(27)28)17(25)11-22-5-3-21(4-6-22)10-13-1-2-18-19(7-13)30-12-29-18/h1-2,7-9,24,26H,3-6,10-12H2. The van der Waals surface area contributed by atoms with Crippen LogP contribution in [0, 0.1) is 10.1 Å². The molecular weight excluding hydrogens is 394 g/mol. The number of piperazine rings is 1. The summed E-state index contributed by atoms with van der Waals surface area (Å²) in [5.41, 5.74) is 0.433. The highest BCUT2D eigenvalue weighted by Gasteiger charge is 2.24. The van der Waals surface area contributed by atoms with E-state index in [1.807, 2.05) is 23.1 Å². The van der Waals surface area contributed by atoms with Crippen molar-refractivity contribution in [2.24, 2.45) is 0 Å². The number of hydrogen-bond acceptors (Lipinski definition) is 9. The van der Waals surface area contributed by atoms with E-state index in [0.717, 1.165) is 48.8 Å². The van der Waals surface area contributed by atoms with Crippen molar-refractivity contribution in [2.75, 3.05) is 39.5 Å². The molecule has 1 fully saturated rings. The predicted molar refractivity (Wildman–Crippen MR) is 105 cm³/mol. The molecule has 0 aliphatic carbocycles.